The predicted molar refractivity (Wildman–Crippen MR) is 70.0 cm³/mol. The summed E-state index contributed by atoms with van der Waals surface area (Å²) in [4.78, 5) is 23.4. The van der Waals surface area contributed by atoms with E-state index in [1.165, 1.54) is 12.3 Å². The van der Waals surface area contributed by atoms with Crippen LogP contribution in [0.2, 0.25) is 5.02 Å². The smallest absolute Gasteiger partial charge is 0.254 e. The van der Waals surface area contributed by atoms with Crippen molar-refractivity contribution in [2.45, 2.75) is 18.9 Å². The minimum absolute atomic E-state index is 0.0480. The number of carbonyl (C=O) groups is 1. The highest BCUT2D eigenvalue weighted by molar-refractivity contribution is 6.31. The lowest BCUT2D eigenvalue weighted by atomic mass is 10.1. The third-order valence-electron chi connectivity index (χ3n) is 3.28. The van der Waals surface area contributed by atoms with E-state index in [-0.39, 0.29) is 22.0 Å². The third kappa shape index (κ3) is 1.90. The molecule has 0 spiro atoms. The van der Waals surface area contributed by atoms with Crippen LogP contribution in [0.5, 0.6) is 0 Å². The fourth-order valence-electron chi connectivity index (χ4n) is 2.17. The standard InChI is InChI=1S/C13H10ClFN2O2/c14-9-4-11-7(3-10(9)15)12(18)8(13(16)19)5-17(11)6-1-2-6/h3-6H,1-2H2,(H2,16,19). The average Bonchev–Trinajstić information content (AvgIpc) is 3.16. The number of benzene rings is 1. The summed E-state index contributed by atoms with van der Waals surface area (Å²) in [6, 6.07) is 2.69. The Morgan fingerprint density at radius 3 is 2.68 bits per heavy atom. The summed E-state index contributed by atoms with van der Waals surface area (Å²) in [6.45, 7) is 0. The molecule has 0 saturated heterocycles. The summed E-state index contributed by atoms with van der Waals surface area (Å²) in [7, 11) is 0. The maximum absolute atomic E-state index is 13.5. The monoisotopic (exact) mass is 280 g/mol. The highest BCUT2D eigenvalue weighted by Crippen LogP contribution is 2.37. The molecule has 19 heavy (non-hydrogen) atoms. The van der Waals surface area contributed by atoms with Crippen LogP contribution in [0.4, 0.5) is 4.39 Å². The van der Waals surface area contributed by atoms with Crippen LogP contribution in [0, 0.1) is 5.82 Å². The zero-order chi connectivity index (χ0) is 13.7. The molecule has 1 amide bonds. The molecule has 98 valence electrons. The Hall–Kier alpha value is -1.88. The van der Waals surface area contributed by atoms with Crippen LogP contribution in [0.15, 0.2) is 23.1 Å². The van der Waals surface area contributed by atoms with Gasteiger partial charge in [0.2, 0.25) is 5.43 Å². The van der Waals surface area contributed by atoms with Crippen LogP contribution < -0.4 is 11.2 Å². The van der Waals surface area contributed by atoms with Gasteiger partial charge in [0.1, 0.15) is 11.4 Å². The van der Waals surface area contributed by atoms with Gasteiger partial charge in [-0.3, -0.25) is 9.59 Å². The van der Waals surface area contributed by atoms with Crippen molar-refractivity contribution in [1.82, 2.24) is 4.57 Å². The number of hydrogen-bond donors (Lipinski definition) is 1. The fourth-order valence-corrected chi connectivity index (χ4v) is 2.33. The molecule has 3 rings (SSSR count). The minimum Gasteiger partial charge on any atom is -0.365 e. The van der Waals surface area contributed by atoms with Crippen molar-refractivity contribution >= 4 is 28.4 Å². The Bertz CT molecular complexity index is 765. The molecule has 1 aliphatic carbocycles. The number of rotatable bonds is 2. The number of fused-ring (bicyclic) bond motifs is 1. The second kappa shape index (κ2) is 4.06. The Morgan fingerprint density at radius 1 is 1.42 bits per heavy atom. The van der Waals surface area contributed by atoms with Crippen molar-refractivity contribution in [2.75, 3.05) is 0 Å². The van der Waals surface area contributed by atoms with E-state index < -0.39 is 17.2 Å². The van der Waals surface area contributed by atoms with E-state index in [1.54, 1.807) is 4.57 Å². The Kier molecular flexibility index (Phi) is 2.60. The quantitative estimate of drug-likeness (QED) is 0.917. The van der Waals surface area contributed by atoms with E-state index in [0.717, 1.165) is 18.9 Å². The molecule has 1 aromatic heterocycles. The van der Waals surface area contributed by atoms with Gasteiger partial charge in [0.25, 0.3) is 5.91 Å². The predicted octanol–water partition coefficient (Wildman–Crippen LogP) is 2.23. The van der Waals surface area contributed by atoms with Gasteiger partial charge < -0.3 is 10.3 Å². The van der Waals surface area contributed by atoms with Crippen LogP contribution in [0.25, 0.3) is 10.9 Å². The van der Waals surface area contributed by atoms with Crippen LogP contribution in [0.1, 0.15) is 29.2 Å². The van der Waals surface area contributed by atoms with Gasteiger partial charge in [0.05, 0.1) is 10.5 Å². The van der Waals surface area contributed by atoms with Crippen LogP contribution in [0.3, 0.4) is 0 Å². The summed E-state index contributed by atoms with van der Waals surface area (Å²) in [5.41, 5.74) is 5.04. The maximum atomic E-state index is 13.5. The molecular formula is C13H10ClFN2O2. The summed E-state index contributed by atoms with van der Waals surface area (Å²) in [6.07, 6.45) is 3.34. The molecule has 2 aromatic rings. The molecule has 4 nitrogen and oxygen atoms in total. The number of aromatic nitrogens is 1. The van der Waals surface area contributed by atoms with Crippen LogP contribution in [-0.4, -0.2) is 10.5 Å². The van der Waals surface area contributed by atoms with Crippen molar-refractivity contribution in [2.24, 2.45) is 5.73 Å². The average molecular weight is 281 g/mol. The Labute approximate surface area is 112 Å². The second-order valence-electron chi connectivity index (χ2n) is 4.66. The molecule has 1 heterocycles. The van der Waals surface area contributed by atoms with Gasteiger partial charge in [-0.05, 0) is 25.0 Å². The molecular weight excluding hydrogens is 271 g/mol. The Morgan fingerprint density at radius 2 is 2.11 bits per heavy atom. The lowest BCUT2D eigenvalue weighted by Crippen LogP contribution is -2.24. The van der Waals surface area contributed by atoms with E-state index in [4.69, 9.17) is 17.3 Å². The van der Waals surface area contributed by atoms with E-state index in [9.17, 15) is 14.0 Å². The van der Waals surface area contributed by atoms with Crippen LogP contribution in [-0.2, 0) is 0 Å². The number of pyridine rings is 1. The molecule has 1 aliphatic rings. The third-order valence-corrected chi connectivity index (χ3v) is 3.57. The molecule has 0 bridgehead atoms. The first kappa shape index (κ1) is 12.2. The molecule has 0 atom stereocenters. The SMILES string of the molecule is NC(=O)c1cn(C2CC2)c2cc(Cl)c(F)cc2c1=O. The molecule has 1 fully saturated rings. The van der Waals surface area contributed by atoms with Gasteiger partial charge >= 0.3 is 0 Å². The highest BCUT2D eigenvalue weighted by Gasteiger charge is 2.26. The maximum Gasteiger partial charge on any atom is 0.254 e. The number of nitrogens with two attached hydrogens (primary N) is 1. The van der Waals surface area contributed by atoms with Gasteiger partial charge in [-0.25, -0.2) is 4.39 Å². The summed E-state index contributed by atoms with van der Waals surface area (Å²) >= 11 is 5.76. The first-order chi connectivity index (χ1) is 8.99. The first-order valence-corrected chi connectivity index (χ1v) is 6.20. The number of halogens is 2. The Balaban J connectivity index is 2.45. The van der Waals surface area contributed by atoms with E-state index in [2.05, 4.69) is 0 Å². The lowest BCUT2D eigenvalue weighted by molar-refractivity contribution is 0.0999. The number of carbonyl (C=O) groups excluding carboxylic acids is 1. The largest absolute Gasteiger partial charge is 0.365 e. The summed E-state index contributed by atoms with van der Waals surface area (Å²) in [5.74, 6) is -1.49. The molecule has 0 radical (unpaired) electrons. The molecule has 0 unspecified atom stereocenters. The number of amides is 1. The van der Waals surface area contributed by atoms with Crippen molar-refractivity contribution in [3.8, 4) is 0 Å². The minimum atomic E-state index is -0.809. The zero-order valence-corrected chi connectivity index (χ0v) is 10.6. The summed E-state index contributed by atoms with van der Waals surface area (Å²) < 4.78 is 15.3. The molecule has 1 aromatic carbocycles. The fraction of sp³-hybridized carbons (Fsp3) is 0.231. The van der Waals surface area contributed by atoms with Crippen molar-refractivity contribution in [3.05, 3.63) is 45.0 Å². The van der Waals surface area contributed by atoms with Crippen LogP contribution >= 0.6 is 11.6 Å². The number of hydrogen-bond acceptors (Lipinski definition) is 2. The zero-order valence-electron chi connectivity index (χ0n) is 9.82. The van der Waals surface area contributed by atoms with E-state index in [0.29, 0.717) is 5.52 Å². The first-order valence-electron chi connectivity index (χ1n) is 5.82. The van der Waals surface area contributed by atoms with Gasteiger partial charge in [-0.15, -0.1) is 0 Å². The molecule has 1 saturated carbocycles. The molecule has 0 aliphatic heterocycles. The number of primary amides is 1. The summed E-state index contributed by atoms with van der Waals surface area (Å²) in [5, 5.41) is 0.0817. The van der Waals surface area contributed by atoms with Crippen molar-refractivity contribution in [1.29, 1.82) is 0 Å². The van der Waals surface area contributed by atoms with Gasteiger partial charge in [-0.1, -0.05) is 11.6 Å². The molecule has 6 heteroatoms. The highest BCUT2D eigenvalue weighted by atomic mass is 35.5. The van der Waals surface area contributed by atoms with E-state index in [1.807, 2.05) is 0 Å². The lowest BCUT2D eigenvalue weighted by Gasteiger charge is -2.12. The topological polar surface area (TPSA) is 65.1 Å². The van der Waals surface area contributed by atoms with Gasteiger partial charge in [0, 0.05) is 17.6 Å². The van der Waals surface area contributed by atoms with Crippen molar-refractivity contribution in [3.63, 3.8) is 0 Å². The van der Waals surface area contributed by atoms with Gasteiger partial charge in [0.15, 0.2) is 0 Å². The second-order valence-corrected chi connectivity index (χ2v) is 5.07. The normalized spacial score (nSPS) is 14.8. The molecule has 2 N–H and O–H groups in total. The van der Waals surface area contributed by atoms with Crippen molar-refractivity contribution < 1.29 is 9.18 Å². The van der Waals surface area contributed by atoms with E-state index >= 15 is 0 Å². The number of nitrogens with zero attached hydrogens (tertiary/aromatic N) is 1. The van der Waals surface area contributed by atoms with Gasteiger partial charge in [-0.2, -0.15) is 0 Å².